The van der Waals surface area contributed by atoms with Gasteiger partial charge in [0.05, 0.1) is 16.1 Å². The number of benzene rings is 2. The normalized spacial score (nSPS) is 15.2. The molecule has 0 bridgehead atoms. The van der Waals surface area contributed by atoms with Crippen LogP contribution < -0.4 is 0 Å². The van der Waals surface area contributed by atoms with E-state index >= 15 is 0 Å². The van der Waals surface area contributed by atoms with Crippen LogP contribution in [0.15, 0.2) is 90.1 Å². The van der Waals surface area contributed by atoms with E-state index in [1.165, 1.54) is 9.55 Å². The summed E-state index contributed by atoms with van der Waals surface area (Å²) in [6.07, 6.45) is 6.62. The van der Waals surface area contributed by atoms with Crippen molar-refractivity contribution >= 4 is 26.5 Å². The third-order valence-electron chi connectivity index (χ3n) is 5.79. The van der Waals surface area contributed by atoms with Gasteiger partial charge in [-0.05, 0) is 49.4 Å². The Morgan fingerprint density at radius 2 is 1.77 bits per heavy atom. The van der Waals surface area contributed by atoms with Crippen molar-refractivity contribution in [1.82, 2.24) is 13.9 Å². The summed E-state index contributed by atoms with van der Waals surface area (Å²) in [7, 11) is -1.64. The van der Waals surface area contributed by atoms with E-state index in [1.54, 1.807) is 36.7 Å². The Bertz CT molecular complexity index is 1370. The fourth-order valence-corrected chi connectivity index (χ4v) is 5.45. The van der Waals surface area contributed by atoms with Crippen molar-refractivity contribution in [2.24, 2.45) is 0 Å². The van der Waals surface area contributed by atoms with Crippen LogP contribution in [-0.4, -0.2) is 42.4 Å². The van der Waals surface area contributed by atoms with Gasteiger partial charge in [-0.2, -0.15) is 0 Å². The van der Waals surface area contributed by atoms with Gasteiger partial charge in [0.2, 0.25) is 0 Å². The minimum absolute atomic E-state index is 0.277. The number of likely N-dealkylation sites (N-methyl/N-ethyl adjacent to an activating group) is 1. The first kappa shape index (κ1) is 19.7. The predicted molar refractivity (Wildman–Crippen MR) is 124 cm³/mol. The molecule has 3 heterocycles. The van der Waals surface area contributed by atoms with E-state index in [1.807, 2.05) is 42.5 Å². The average Bonchev–Trinajstić information content (AvgIpc) is 3.20. The maximum Gasteiger partial charge on any atom is 0.268 e. The van der Waals surface area contributed by atoms with Gasteiger partial charge in [-0.1, -0.05) is 42.5 Å². The Morgan fingerprint density at radius 1 is 0.968 bits per heavy atom. The molecular formula is C25H23N3O2S. The first-order valence-corrected chi connectivity index (χ1v) is 11.7. The molecule has 5 rings (SSSR count). The Balaban J connectivity index is 1.75. The summed E-state index contributed by atoms with van der Waals surface area (Å²) >= 11 is 0. The lowest BCUT2D eigenvalue weighted by Crippen LogP contribution is -2.23. The van der Waals surface area contributed by atoms with Gasteiger partial charge in [0.25, 0.3) is 10.0 Å². The van der Waals surface area contributed by atoms with E-state index < -0.39 is 10.0 Å². The first-order chi connectivity index (χ1) is 15.0. The molecule has 6 heteroatoms. The zero-order valence-corrected chi connectivity index (χ0v) is 18.1. The van der Waals surface area contributed by atoms with Crippen molar-refractivity contribution < 1.29 is 8.42 Å². The molecule has 0 aliphatic carbocycles. The maximum atomic E-state index is 13.6. The minimum Gasteiger partial charge on any atom is -0.302 e. The highest BCUT2D eigenvalue weighted by Crippen LogP contribution is 2.35. The molecule has 4 aromatic rings. The maximum absolute atomic E-state index is 13.6. The van der Waals surface area contributed by atoms with Gasteiger partial charge in [-0.15, -0.1) is 0 Å². The lowest BCUT2D eigenvalue weighted by atomic mass is 9.98. The molecule has 0 saturated heterocycles. The lowest BCUT2D eigenvalue weighted by molar-refractivity contribution is 0.370. The van der Waals surface area contributed by atoms with Crippen molar-refractivity contribution in [1.29, 1.82) is 0 Å². The summed E-state index contributed by atoms with van der Waals surface area (Å²) in [5.74, 6) is 0. The number of pyridine rings is 1. The second-order valence-electron chi connectivity index (χ2n) is 7.85. The molecule has 0 fully saturated rings. The SMILES string of the molecule is CN1CC=C(c2cn(S(=O)(=O)c3ccccc3)c3cc(-c4ccccn4)ccc23)CC1. The van der Waals surface area contributed by atoms with Crippen LogP contribution in [0.1, 0.15) is 12.0 Å². The van der Waals surface area contributed by atoms with E-state index in [-0.39, 0.29) is 4.90 Å². The van der Waals surface area contributed by atoms with Gasteiger partial charge in [0.15, 0.2) is 0 Å². The van der Waals surface area contributed by atoms with Crippen LogP contribution in [0.5, 0.6) is 0 Å². The molecule has 156 valence electrons. The van der Waals surface area contributed by atoms with Crippen LogP contribution in [0.2, 0.25) is 0 Å². The molecule has 0 N–H and O–H groups in total. The molecular weight excluding hydrogens is 406 g/mol. The number of hydrogen-bond donors (Lipinski definition) is 0. The molecule has 1 aliphatic rings. The fraction of sp³-hybridized carbons (Fsp3) is 0.160. The number of fused-ring (bicyclic) bond motifs is 1. The van der Waals surface area contributed by atoms with Crippen LogP contribution in [0.25, 0.3) is 27.7 Å². The monoisotopic (exact) mass is 429 g/mol. The average molecular weight is 430 g/mol. The number of nitrogens with zero attached hydrogens (tertiary/aromatic N) is 3. The van der Waals surface area contributed by atoms with Gasteiger partial charge in [0, 0.05) is 42.0 Å². The third-order valence-corrected chi connectivity index (χ3v) is 7.48. The molecule has 31 heavy (non-hydrogen) atoms. The summed E-state index contributed by atoms with van der Waals surface area (Å²) in [5, 5.41) is 0.940. The van der Waals surface area contributed by atoms with Gasteiger partial charge in [0.1, 0.15) is 0 Å². The first-order valence-electron chi connectivity index (χ1n) is 10.3. The van der Waals surface area contributed by atoms with E-state index in [0.717, 1.165) is 41.7 Å². The predicted octanol–water partition coefficient (Wildman–Crippen LogP) is 4.66. The minimum atomic E-state index is -3.73. The molecule has 2 aromatic carbocycles. The van der Waals surface area contributed by atoms with Crippen LogP contribution in [0.4, 0.5) is 0 Å². The van der Waals surface area contributed by atoms with Crippen LogP contribution in [0, 0.1) is 0 Å². The summed E-state index contributed by atoms with van der Waals surface area (Å²) in [6.45, 7) is 1.81. The molecule has 0 radical (unpaired) electrons. The lowest BCUT2D eigenvalue weighted by Gasteiger charge is -2.21. The molecule has 0 spiro atoms. The number of aromatic nitrogens is 2. The van der Waals surface area contributed by atoms with E-state index in [9.17, 15) is 8.42 Å². The topological polar surface area (TPSA) is 55.2 Å². The van der Waals surface area contributed by atoms with E-state index in [2.05, 4.69) is 23.0 Å². The van der Waals surface area contributed by atoms with Crippen LogP contribution >= 0.6 is 0 Å². The zero-order valence-electron chi connectivity index (χ0n) is 17.3. The molecule has 0 atom stereocenters. The van der Waals surface area contributed by atoms with Crippen molar-refractivity contribution in [3.05, 3.63) is 90.8 Å². The highest BCUT2D eigenvalue weighted by molar-refractivity contribution is 7.90. The molecule has 0 unspecified atom stereocenters. The molecule has 0 saturated carbocycles. The smallest absolute Gasteiger partial charge is 0.268 e. The van der Waals surface area contributed by atoms with Gasteiger partial charge < -0.3 is 4.90 Å². The second-order valence-corrected chi connectivity index (χ2v) is 9.66. The molecule has 5 nitrogen and oxygen atoms in total. The van der Waals surface area contributed by atoms with E-state index in [4.69, 9.17) is 0 Å². The Labute approximate surface area is 182 Å². The number of hydrogen-bond acceptors (Lipinski definition) is 4. The summed E-state index contributed by atoms with van der Waals surface area (Å²) < 4.78 is 28.6. The largest absolute Gasteiger partial charge is 0.302 e. The second kappa shape index (κ2) is 7.80. The quantitative estimate of drug-likeness (QED) is 0.474. The highest BCUT2D eigenvalue weighted by Gasteiger charge is 2.23. The fourth-order valence-electron chi connectivity index (χ4n) is 4.07. The number of rotatable bonds is 4. The summed E-state index contributed by atoms with van der Waals surface area (Å²) in [4.78, 5) is 6.96. The highest BCUT2D eigenvalue weighted by atomic mass is 32.2. The van der Waals surface area contributed by atoms with Crippen LogP contribution in [0.3, 0.4) is 0 Å². The van der Waals surface area contributed by atoms with Crippen molar-refractivity contribution in [2.45, 2.75) is 11.3 Å². The Morgan fingerprint density at radius 3 is 2.48 bits per heavy atom. The molecule has 1 aliphatic heterocycles. The molecule has 2 aromatic heterocycles. The summed E-state index contributed by atoms with van der Waals surface area (Å²) in [6, 6.07) is 20.3. The van der Waals surface area contributed by atoms with Crippen molar-refractivity contribution in [3.63, 3.8) is 0 Å². The zero-order chi connectivity index (χ0) is 21.4. The Kier molecular flexibility index (Phi) is 4.96. The van der Waals surface area contributed by atoms with Gasteiger partial charge in [-0.25, -0.2) is 12.4 Å². The Hall–Kier alpha value is -3.22. The van der Waals surface area contributed by atoms with E-state index in [0.29, 0.717) is 5.52 Å². The van der Waals surface area contributed by atoms with Crippen molar-refractivity contribution in [3.8, 4) is 11.3 Å². The third kappa shape index (κ3) is 3.58. The van der Waals surface area contributed by atoms with Gasteiger partial charge in [-0.3, -0.25) is 4.98 Å². The van der Waals surface area contributed by atoms with Crippen molar-refractivity contribution in [2.75, 3.05) is 20.1 Å². The van der Waals surface area contributed by atoms with Gasteiger partial charge >= 0.3 is 0 Å². The van der Waals surface area contributed by atoms with Crippen LogP contribution in [-0.2, 0) is 10.0 Å². The summed E-state index contributed by atoms with van der Waals surface area (Å²) in [5.41, 5.74) is 4.54. The molecule has 0 amide bonds. The standard InChI is InChI=1S/C25H23N3O2S/c1-27-15-12-19(13-16-27)23-18-28(31(29,30)21-7-3-2-4-8-21)25-17-20(10-11-22(23)25)24-9-5-6-14-26-24/h2-12,14,17-18H,13,15-16H2,1H3.